The van der Waals surface area contributed by atoms with Crippen LogP contribution in [0.15, 0.2) is 18.3 Å². The van der Waals surface area contributed by atoms with Gasteiger partial charge in [0.05, 0.1) is 6.20 Å². The Balaban J connectivity index is 0.00000448. The topological polar surface area (TPSA) is 115 Å². The molecule has 0 spiro atoms. The highest BCUT2D eigenvalue weighted by Gasteiger charge is 2.34. The number of benzene rings is 1. The molecule has 2 aliphatic heterocycles. The Bertz CT molecular complexity index is 1670. The zero-order chi connectivity index (χ0) is 34.9. The summed E-state index contributed by atoms with van der Waals surface area (Å²) in [6.07, 6.45) is 7.44. The van der Waals surface area contributed by atoms with Crippen molar-refractivity contribution in [2.45, 2.75) is 70.9 Å². The summed E-state index contributed by atoms with van der Waals surface area (Å²) < 4.78 is 45.2. The molecular weight excluding hydrogens is 661 g/mol. The Morgan fingerprint density at radius 2 is 1.24 bits per heavy atom. The van der Waals surface area contributed by atoms with Crippen LogP contribution in [-0.2, 0) is 9.59 Å². The number of hydrogen-bond donors (Lipinski definition) is 2. The molecule has 4 fully saturated rings. The van der Waals surface area contributed by atoms with Crippen molar-refractivity contribution in [3.63, 3.8) is 0 Å². The number of nitrogens with one attached hydrogen (secondary N) is 2. The predicted octanol–water partition coefficient (Wildman–Crippen LogP) is 4.87. The first-order valence-electron chi connectivity index (χ1n) is 18.0. The highest BCUT2D eigenvalue weighted by atomic mass is 19.1. The summed E-state index contributed by atoms with van der Waals surface area (Å²) in [5, 5.41) is 6.25. The number of likely N-dealkylation sites (N-methyl/N-ethyl adjacent to an activating group) is 2. The van der Waals surface area contributed by atoms with E-state index >= 15 is 0 Å². The number of piperazine rings is 2. The SMILES string of the molecule is C.CN1CCN(C(=O)C2CCC(Nc3ncc4nc(Nc5c(F)cc(F)cc5F)n(C5CCC(C(=O)N6CCN(C)CC6)CC5)c4n3)CC2)CC1. The first kappa shape index (κ1) is 36.8. The Kier molecular flexibility index (Phi) is 11.3. The van der Waals surface area contributed by atoms with Gasteiger partial charge in [-0.1, -0.05) is 7.43 Å². The molecule has 3 aromatic rings. The fourth-order valence-corrected chi connectivity index (χ4v) is 7.99. The van der Waals surface area contributed by atoms with E-state index in [4.69, 9.17) is 4.98 Å². The van der Waals surface area contributed by atoms with Crippen molar-refractivity contribution in [2.75, 3.05) is 77.1 Å². The number of nitrogens with zero attached hydrogens (tertiary/aromatic N) is 8. The minimum Gasteiger partial charge on any atom is -0.351 e. The second kappa shape index (κ2) is 15.7. The molecular formula is C36H51F3N10O2. The summed E-state index contributed by atoms with van der Waals surface area (Å²) in [6.45, 7) is 6.54. The monoisotopic (exact) mass is 712 g/mol. The standard InChI is InChI=1S/C35H47F3N10O2.CH4/c1-44-11-15-46(16-12-44)32(49)22-3-7-25(8-4-22)40-34-39-21-29-31(43-34)48(35(41-29)42-30-27(37)19-24(36)20-28(30)38)26-9-5-23(6-10-26)33(50)47-17-13-45(2)14-18-47;/h19-23,25-26H,3-18H2,1-2H3,(H,41,42)(H,39,40,43);1H4. The molecule has 2 aliphatic carbocycles. The molecule has 0 atom stereocenters. The van der Waals surface area contributed by atoms with E-state index in [-0.39, 0.29) is 49.1 Å². The average molecular weight is 713 g/mol. The van der Waals surface area contributed by atoms with E-state index in [1.54, 1.807) is 6.20 Å². The smallest absolute Gasteiger partial charge is 0.225 e. The van der Waals surface area contributed by atoms with Gasteiger partial charge in [0.25, 0.3) is 0 Å². The zero-order valence-corrected chi connectivity index (χ0v) is 28.9. The van der Waals surface area contributed by atoms with Gasteiger partial charge in [-0.25, -0.2) is 23.1 Å². The number of halogens is 3. The number of hydrogen-bond acceptors (Lipinski definition) is 9. The van der Waals surface area contributed by atoms with Crippen molar-refractivity contribution in [1.29, 1.82) is 0 Å². The van der Waals surface area contributed by atoms with Gasteiger partial charge in [0.1, 0.15) is 17.0 Å². The molecule has 1 aromatic carbocycles. The van der Waals surface area contributed by atoms with Crippen LogP contribution in [0, 0.1) is 29.3 Å². The fraction of sp³-hybridized carbons (Fsp3) is 0.639. The van der Waals surface area contributed by atoms with Crippen LogP contribution in [0.5, 0.6) is 0 Å². The molecule has 0 bridgehead atoms. The Morgan fingerprint density at radius 1 is 0.725 bits per heavy atom. The number of imidazole rings is 1. The van der Waals surface area contributed by atoms with Crippen molar-refractivity contribution in [3.05, 3.63) is 35.8 Å². The van der Waals surface area contributed by atoms with Gasteiger partial charge in [-0.05, 0) is 65.5 Å². The largest absolute Gasteiger partial charge is 0.351 e. The van der Waals surface area contributed by atoms with Crippen LogP contribution in [0.3, 0.4) is 0 Å². The van der Waals surface area contributed by atoms with Gasteiger partial charge < -0.3 is 30.2 Å². The minimum absolute atomic E-state index is 0. The quantitative estimate of drug-likeness (QED) is 0.354. The second-order valence-corrected chi connectivity index (χ2v) is 14.5. The van der Waals surface area contributed by atoms with E-state index in [9.17, 15) is 22.8 Å². The lowest BCUT2D eigenvalue weighted by Crippen LogP contribution is -2.49. The van der Waals surface area contributed by atoms with Crippen LogP contribution in [0.4, 0.5) is 30.8 Å². The van der Waals surface area contributed by atoms with Crippen LogP contribution in [0.1, 0.15) is 64.8 Å². The van der Waals surface area contributed by atoms with Crippen LogP contribution >= 0.6 is 0 Å². The molecule has 4 heterocycles. The molecule has 2 saturated carbocycles. The van der Waals surface area contributed by atoms with Gasteiger partial charge in [-0.2, -0.15) is 4.98 Å². The third-order valence-corrected chi connectivity index (χ3v) is 11.1. The molecule has 12 nitrogen and oxygen atoms in total. The van der Waals surface area contributed by atoms with E-state index in [0.717, 1.165) is 78.0 Å². The van der Waals surface area contributed by atoms with Gasteiger partial charge in [-0.15, -0.1) is 0 Å². The molecule has 15 heteroatoms. The van der Waals surface area contributed by atoms with Crippen LogP contribution in [0.2, 0.25) is 0 Å². The van der Waals surface area contributed by atoms with Crippen molar-refractivity contribution in [3.8, 4) is 0 Å². The maximum absolute atomic E-state index is 14.8. The highest BCUT2D eigenvalue weighted by molar-refractivity contribution is 5.80. The molecule has 4 aliphatic rings. The van der Waals surface area contributed by atoms with Gasteiger partial charge >= 0.3 is 0 Å². The molecule has 2 amide bonds. The molecule has 0 radical (unpaired) electrons. The van der Waals surface area contributed by atoms with Crippen LogP contribution in [0.25, 0.3) is 11.2 Å². The average Bonchev–Trinajstić information content (AvgIpc) is 3.47. The molecule has 0 unspecified atom stereocenters. The first-order chi connectivity index (χ1) is 24.1. The zero-order valence-electron chi connectivity index (χ0n) is 28.9. The number of carbonyl (C=O) groups excluding carboxylic acids is 2. The molecule has 278 valence electrons. The van der Waals surface area contributed by atoms with E-state index < -0.39 is 23.1 Å². The van der Waals surface area contributed by atoms with Crippen molar-refractivity contribution < 1.29 is 22.8 Å². The maximum Gasteiger partial charge on any atom is 0.225 e. The molecule has 51 heavy (non-hydrogen) atoms. The Morgan fingerprint density at radius 3 is 1.76 bits per heavy atom. The Hall–Kier alpha value is -3.98. The predicted molar refractivity (Wildman–Crippen MR) is 190 cm³/mol. The lowest BCUT2D eigenvalue weighted by atomic mass is 9.85. The summed E-state index contributed by atoms with van der Waals surface area (Å²) in [5.41, 5.74) is 0.440. The van der Waals surface area contributed by atoms with E-state index in [1.807, 2.05) is 14.4 Å². The third-order valence-electron chi connectivity index (χ3n) is 11.1. The van der Waals surface area contributed by atoms with Gasteiger partial charge in [-0.3, -0.25) is 14.2 Å². The maximum atomic E-state index is 14.8. The molecule has 2 N–H and O–H groups in total. The summed E-state index contributed by atoms with van der Waals surface area (Å²) in [7, 11) is 4.14. The molecule has 2 aromatic heterocycles. The van der Waals surface area contributed by atoms with Gasteiger partial charge in [0, 0.05) is 88.4 Å². The van der Waals surface area contributed by atoms with E-state index in [2.05, 4.69) is 44.5 Å². The first-order valence-corrected chi connectivity index (χ1v) is 18.0. The fourth-order valence-electron chi connectivity index (χ4n) is 7.99. The number of amides is 2. The van der Waals surface area contributed by atoms with Gasteiger partial charge in [0.15, 0.2) is 17.3 Å². The van der Waals surface area contributed by atoms with Crippen molar-refractivity contribution >= 4 is 40.6 Å². The molecule has 7 rings (SSSR count). The Labute approximate surface area is 297 Å². The number of aromatic nitrogens is 4. The van der Waals surface area contributed by atoms with Crippen molar-refractivity contribution in [1.82, 2.24) is 39.1 Å². The summed E-state index contributed by atoms with van der Waals surface area (Å²) >= 11 is 0. The lowest BCUT2D eigenvalue weighted by molar-refractivity contribution is -0.139. The van der Waals surface area contributed by atoms with E-state index in [1.165, 1.54) is 0 Å². The normalized spacial score (nSPS) is 25.0. The van der Waals surface area contributed by atoms with Gasteiger partial charge in [0.2, 0.25) is 23.7 Å². The minimum atomic E-state index is -1.07. The lowest BCUT2D eigenvalue weighted by Gasteiger charge is -2.37. The summed E-state index contributed by atoms with van der Waals surface area (Å²) in [5.74, 6) is -2.18. The van der Waals surface area contributed by atoms with Crippen LogP contribution < -0.4 is 10.6 Å². The third kappa shape index (κ3) is 8.09. The second-order valence-electron chi connectivity index (χ2n) is 14.5. The number of fused-ring (bicyclic) bond motifs is 1. The summed E-state index contributed by atoms with van der Waals surface area (Å²) in [4.78, 5) is 49.0. The number of rotatable bonds is 7. The molecule has 2 saturated heterocycles. The number of anilines is 3. The number of carbonyl (C=O) groups is 2. The highest BCUT2D eigenvalue weighted by Crippen LogP contribution is 2.38. The summed E-state index contributed by atoms with van der Waals surface area (Å²) in [6, 6.07) is 1.20. The van der Waals surface area contributed by atoms with Crippen molar-refractivity contribution in [2.24, 2.45) is 11.8 Å². The van der Waals surface area contributed by atoms with E-state index in [0.29, 0.717) is 54.9 Å². The van der Waals surface area contributed by atoms with Crippen LogP contribution in [-0.4, -0.2) is 123 Å².